The van der Waals surface area contributed by atoms with Gasteiger partial charge < -0.3 is 10.3 Å². The van der Waals surface area contributed by atoms with Crippen LogP contribution in [0.4, 0.5) is 0 Å². The van der Waals surface area contributed by atoms with Gasteiger partial charge in [0.2, 0.25) is 0 Å². The average molecular weight is 241 g/mol. The molecular formula is C15H19N3. The van der Waals surface area contributed by atoms with Crippen LogP contribution in [0, 0.1) is 6.92 Å². The molecule has 1 aromatic heterocycles. The molecule has 94 valence electrons. The molecule has 18 heavy (non-hydrogen) atoms. The van der Waals surface area contributed by atoms with E-state index in [-0.39, 0.29) is 5.41 Å². The first-order valence-electron chi connectivity index (χ1n) is 6.56. The second kappa shape index (κ2) is 4.25. The van der Waals surface area contributed by atoms with Crippen molar-refractivity contribution in [2.24, 2.45) is 5.73 Å². The number of nitrogens with zero attached hydrogens (tertiary/aromatic N) is 2. The Balaban J connectivity index is 1.92. The van der Waals surface area contributed by atoms with Gasteiger partial charge in [0.25, 0.3) is 0 Å². The predicted molar refractivity (Wildman–Crippen MR) is 72.9 cm³/mol. The minimum Gasteiger partial charge on any atom is -0.330 e. The van der Waals surface area contributed by atoms with Crippen LogP contribution in [0.15, 0.2) is 36.7 Å². The fourth-order valence-electron chi connectivity index (χ4n) is 2.84. The highest BCUT2D eigenvalue weighted by atomic mass is 15.1. The molecule has 0 bridgehead atoms. The van der Waals surface area contributed by atoms with Crippen molar-refractivity contribution in [1.29, 1.82) is 0 Å². The van der Waals surface area contributed by atoms with Crippen molar-refractivity contribution in [2.45, 2.75) is 31.6 Å². The van der Waals surface area contributed by atoms with Crippen LogP contribution in [-0.4, -0.2) is 16.1 Å². The number of nitrogens with two attached hydrogens (primary N) is 1. The summed E-state index contributed by atoms with van der Waals surface area (Å²) >= 11 is 0. The molecule has 3 rings (SSSR count). The molecule has 0 amide bonds. The second-order valence-electron chi connectivity index (χ2n) is 5.23. The maximum absolute atomic E-state index is 5.94. The van der Waals surface area contributed by atoms with Crippen LogP contribution in [0.3, 0.4) is 0 Å². The smallest absolute Gasteiger partial charge is 0.110 e. The maximum atomic E-state index is 5.94. The Morgan fingerprint density at radius 3 is 2.44 bits per heavy atom. The Morgan fingerprint density at radius 1 is 1.28 bits per heavy atom. The highest BCUT2D eigenvalue weighted by molar-refractivity contribution is 5.39. The van der Waals surface area contributed by atoms with Crippen molar-refractivity contribution >= 4 is 0 Å². The standard InChI is InChI=1S/C15H19N3/c1-12-17-9-10-18(12)14-5-3-13(4-6-14)15(11-16)7-2-8-15/h3-6,9-10H,2,7-8,11,16H2,1H3. The minimum atomic E-state index is 0.252. The van der Waals surface area contributed by atoms with E-state index >= 15 is 0 Å². The van der Waals surface area contributed by atoms with Crippen molar-refractivity contribution < 1.29 is 0 Å². The largest absolute Gasteiger partial charge is 0.330 e. The summed E-state index contributed by atoms with van der Waals surface area (Å²) in [5.74, 6) is 1.01. The molecule has 2 N–H and O–H groups in total. The zero-order valence-corrected chi connectivity index (χ0v) is 10.8. The van der Waals surface area contributed by atoms with Gasteiger partial charge in [-0.25, -0.2) is 4.98 Å². The quantitative estimate of drug-likeness (QED) is 0.897. The highest BCUT2D eigenvalue weighted by Crippen LogP contribution is 2.42. The summed E-state index contributed by atoms with van der Waals surface area (Å²) in [4.78, 5) is 4.25. The van der Waals surface area contributed by atoms with Gasteiger partial charge in [-0.3, -0.25) is 0 Å². The number of aromatic nitrogens is 2. The first-order chi connectivity index (χ1) is 8.75. The van der Waals surface area contributed by atoms with Gasteiger partial charge >= 0.3 is 0 Å². The van der Waals surface area contributed by atoms with Crippen molar-refractivity contribution in [1.82, 2.24) is 9.55 Å². The second-order valence-corrected chi connectivity index (χ2v) is 5.23. The van der Waals surface area contributed by atoms with E-state index in [0.29, 0.717) is 0 Å². The number of imidazole rings is 1. The normalized spacial score (nSPS) is 17.4. The van der Waals surface area contributed by atoms with Crippen molar-refractivity contribution in [2.75, 3.05) is 6.54 Å². The molecule has 0 saturated heterocycles. The molecular weight excluding hydrogens is 222 g/mol. The number of aryl methyl sites for hydroxylation is 1. The van der Waals surface area contributed by atoms with E-state index in [1.54, 1.807) is 0 Å². The molecule has 1 aromatic carbocycles. The first kappa shape index (κ1) is 11.5. The van der Waals surface area contributed by atoms with Crippen molar-refractivity contribution in [3.05, 3.63) is 48.0 Å². The van der Waals surface area contributed by atoms with E-state index in [2.05, 4.69) is 33.8 Å². The molecule has 1 fully saturated rings. The third-order valence-electron chi connectivity index (χ3n) is 4.28. The first-order valence-corrected chi connectivity index (χ1v) is 6.56. The van der Waals surface area contributed by atoms with Crippen LogP contribution in [0.25, 0.3) is 5.69 Å². The molecule has 3 nitrogen and oxygen atoms in total. The molecule has 1 aliphatic rings. The molecule has 1 heterocycles. The van der Waals surface area contributed by atoms with E-state index in [9.17, 15) is 0 Å². The lowest BCUT2D eigenvalue weighted by atomic mass is 9.64. The van der Waals surface area contributed by atoms with Gasteiger partial charge in [-0.15, -0.1) is 0 Å². The number of hydrogen-bond donors (Lipinski definition) is 1. The Kier molecular flexibility index (Phi) is 2.71. The fraction of sp³-hybridized carbons (Fsp3) is 0.400. The average Bonchev–Trinajstić information content (AvgIpc) is 2.76. The molecule has 1 aliphatic carbocycles. The summed E-state index contributed by atoms with van der Waals surface area (Å²) in [6.07, 6.45) is 7.59. The van der Waals surface area contributed by atoms with Crippen molar-refractivity contribution in [3.63, 3.8) is 0 Å². The number of rotatable bonds is 3. The van der Waals surface area contributed by atoms with Gasteiger partial charge in [-0.05, 0) is 37.5 Å². The summed E-state index contributed by atoms with van der Waals surface area (Å²) in [7, 11) is 0. The van der Waals surface area contributed by atoms with Crippen molar-refractivity contribution in [3.8, 4) is 5.69 Å². The number of benzene rings is 1. The third-order valence-corrected chi connectivity index (χ3v) is 4.28. The van der Waals surface area contributed by atoms with Gasteiger partial charge in [-0.1, -0.05) is 18.6 Å². The topological polar surface area (TPSA) is 43.8 Å². The molecule has 0 spiro atoms. The predicted octanol–water partition coefficient (Wildman–Crippen LogP) is 2.56. The van der Waals surface area contributed by atoms with Crippen LogP contribution in [0.5, 0.6) is 0 Å². The van der Waals surface area contributed by atoms with Gasteiger partial charge in [-0.2, -0.15) is 0 Å². The summed E-state index contributed by atoms with van der Waals surface area (Å²) in [6, 6.07) is 8.78. The Morgan fingerprint density at radius 2 is 2.00 bits per heavy atom. The fourth-order valence-corrected chi connectivity index (χ4v) is 2.84. The molecule has 0 aliphatic heterocycles. The van der Waals surface area contributed by atoms with Crippen LogP contribution >= 0.6 is 0 Å². The summed E-state index contributed by atoms with van der Waals surface area (Å²) < 4.78 is 2.10. The van der Waals surface area contributed by atoms with E-state index in [1.165, 1.54) is 30.5 Å². The Labute approximate surface area is 108 Å². The zero-order chi connectivity index (χ0) is 12.6. The van der Waals surface area contributed by atoms with E-state index < -0.39 is 0 Å². The van der Waals surface area contributed by atoms with E-state index in [1.807, 2.05) is 19.3 Å². The molecule has 0 radical (unpaired) electrons. The number of hydrogen-bond acceptors (Lipinski definition) is 2. The van der Waals surface area contributed by atoms with Gasteiger partial charge in [0, 0.05) is 30.0 Å². The zero-order valence-electron chi connectivity index (χ0n) is 10.8. The molecule has 0 unspecified atom stereocenters. The highest BCUT2D eigenvalue weighted by Gasteiger charge is 2.36. The van der Waals surface area contributed by atoms with E-state index in [4.69, 9.17) is 5.73 Å². The summed E-state index contributed by atoms with van der Waals surface area (Å²) in [5.41, 5.74) is 8.75. The molecule has 2 aromatic rings. The maximum Gasteiger partial charge on any atom is 0.110 e. The molecule has 0 atom stereocenters. The summed E-state index contributed by atoms with van der Waals surface area (Å²) in [6.45, 7) is 2.78. The third kappa shape index (κ3) is 1.66. The Hall–Kier alpha value is -1.61. The summed E-state index contributed by atoms with van der Waals surface area (Å²) in [5, 5.41) is 0. The van der Waals surface area contributed by atoms with Crippen LogP contribution < -0.4 is 5.73 Å². The van der Waals surface area contributed by atoms with Crippen LogP contribution in [-0.2, 0) is 5.41 Å². The van der Waals surface area contributed by atoms with Gasteiger partial charge in [0.15, 0.2) is 0 Å². The lowest BCUT2D eigenvalue weighted by molar-refractivity contribution is 0.253. The monoisotopic (exact) mass is 241 g/mol. The van der Waals surface area contributed by atoms with Gasteiger partial charge in [0.1, 0.15) is 5.82 Å². The molecule has 3 heteroatoms. The van der Waals surface area contributed by atoms with Crippen LogP contribution in [0.2, 0.25) is 0 Å². The lowest BCUT2D eigenvalue weighted by Gasteiger charge is -2.41. The van der Waals surface area contributed by atoms with Gasteiger partial charge in [0.05, 0.1) is 0 Å². The van der Waals surface area contributed by atoms with Crippen LogP contribution in [0.1, 0.15) is 30.7 Å². The lowest BCUT2D eigenvalue weighted by Crippen LogP contribution is -2.41. The van der Waals surface area contributed by atoms with E-state index in [0.717, 1.165) is 12.4 Å². The molecule has 1 saturated carbocycles. The SMILES string of the molecule is Cc1nccn1-c1ccc(C2(CN)CCC2)cc1. The minimum absolute atomic E-state index is 0.252. The Bertz CT molecular complexity index is 530.